The summed E-state index contributed by atoms with van der Waals surface area (Å²) in [6.07, 6.45) is 11.1. The number of para-hydroxylation sites is 1. The molecule has 28 nitrogen and oxygen atoms in total. The van der Waals surface area contributed by atoms with Gasteiger partial charge in [0.1, 0.15) is 18.7 Å². The second-order valence-corrected chi connectivity index (χ2v) is 32.1. The molecule has 3 aromatic carbocycles. The van der Waals surface area contributed by atoms with E-state index in [0.29, 0.717) is 77.5 Å². The Morgan fingerprint density at radius 3 is 2.25 bits per heavy atom. The van der Waals surface area contributed by atoms with Crippen molar-refractivity contribution in [1.82, 2.24) is 45.5 Å². The molecule has 10 amide bonds. The highest BCUT2D eigenvalue weighted by Crippen LogP contribution is 2.72. The largest absolute Gasteiger partial charge is 0.476 e. The molecule has 0 saturated heterocycles. The highest BCUT2D eigenvalue weighted by Gasteiger charge is 2.66. The number of aryl methyl sites for hydroxylation is 1. The van der Waals surface area contributed by atoms with Crippen molar-refractivity contribution in [3.05, 3.63) is 120 Å². The molecule has 5 heterocycles. The number of ether oxygens (including phenoxy) is 2. The number of fused-ring (bicyclic) bond motifs is 2. The molecule has 4 fully saturated rings. The van der Waals surface area contributed by atoms with Crippen molar-refractivity contribution in [3.8, 4) is 22.4 Å². The van der Waals surface area contributed by atoms with E-state index >= 15 is 0 Å². The molecule has 4 aliphatic carbocycles. The van der Waals surface area contributed by atoms with E-state index in [1.807, 2.05) is 54.1 Å². The molecule has 4 atom stereocenters. The average molecular weight is 1450 g/mol. The predicted octanol–water partition coefficient (Wildman–Crippen LogP) is 9.66. The van der Waals surface area contributed by atoms with Crippen molar-refractivity contribution in [2.45, 2.75) is 155 Å². The fraction of sp³-hybridized carbons (Fsp3) is 0.479. The fourth-order valence-corrected chi connectivity index (χ4v) is 18.0. The Bertz CT molecular complexity index is 4250. The number of urea groups is 2. The molecule has 30 heteroatoms. The number of hydrogen-bond acceptors (Lipinski definition) is 16. The van der Waals surface area contributed by atoms with Crippen molar-refractivity contribution in [2.75, 3.05) is 61.0 Å². The monoisotopic (exact) mass is 1450 g/mol. The third-order valence-electron chi connectivity index (χ3n) is 20.2. The molecule has 548 valence electrons. The molecule has 2 unspecified atom stereocenters. The van der Waals surface area contributed by atoms with Crippen LogP contribution in [0.4, 0.5) is 30.9 Å². The van der Waals surface area contributed by atoms with Crippen LogP contribution in [0.2, 0.25) is 0 Å². The molecule has 3 aromatic heterocycles. The number of rotatable bonds is 31. The van der Waals surface area contributed by atoms with Gasteiger partial charge < -0.3 is 56.3 Å². The number of nitrogens with zero attached hydrogens (tertiary/aromatic N) is 7. The van der Waals surface area contributed by atoms with Crippen molar-refractivity contribution in [3.63, 3.8) is 0 Å². The van der Waals surface area contributed by atoms with Gasteiger partial charge in [0.15, 0.2) is 10.8 Å². The van der Waals surface area contributed by atoms with E-state index in [1.165, 1.54) is 28.4 Å². The molecule has 6 aliphatic rings. The van der Waals surface area contributed by atoms with Gasteiger partial charge in [-0.3, -0.25) is 48.3 Å². The number of unbranched alkanes of at least 4 members (excludes halogenated alkanes) is 2. The van der Waals surface area contributed by atoms with Crippen molar-refractivity contribution in [2.24, 2.45) is 27.9 Å². The summed E-state index contributed by atoms with van der Waals surface area (Å²) < 4.78 is 27.9. The van der Waals surface area contributed by atoms with Gasteiger partial charge in [-0.2, -0.15) is 5.10 Å². The number of carbonyl (C=O) groups excluding carboxylic acids is 8. The lowest BCUT2D eigenvalue weighted by atomic mass is 9.39. The molecular weight excluding hydrogens is 1360 g/mol. The highest BCUT2D eigenvalue weighted by molar-refractivity contribution is 7.51. The number of nitrogens with one attached hydrogen (secondary N) is 5. The van der Waals surface area contributed by atoms with Gasteiger partial charge >= 0.3 is 31.7 Å². The normalized spacial score (nSPS) is 20.9. The lowest BCUT2D eigenvalue weighted by molar-refractivity contribution is -0.248. The molecule has 4 bridgehead atoms. The van der Waals surface area contributed by atoms with E-state index in [-0.39, 0.29) is 104 Å². The Labute approximate surface area is 600 Å². The fourth-order valence-electron chi connectivity index (χ4n) is 16.6. The predicted molar refractivity (Wildman–Crippen MR) is 386 cm³/mol. The zero-order valence-electron chi connectivity index (χ0n) is 58.5. The van der Waals surface area contributed by atoms with Gasteiger partial charge in [-0.15, -0.1) is 0 Å². The van der Waals surface area contributed by atoms with E-state index in [2.05, 4.69) is 45.4 Å². The number of hydrogen-bond donors (Lipinski definition) is 9. The Hall–Kier alpha value is -9.41. The third kappa shape index (κ3) is 18.3. The van der Waals surface area contributed by atoms with E-state index < -0.39 is 67.3 Å². The lowest BCUT2D eigenvalue weighted by Crippen LogP contribution is -2.64. The number of aromatic carboxylic acids is 1. The van der Waals surface area contributed by atoms with E-state index in [9.17, 15) is 62.6 Å². The maximum absolute atomic E-state index is 13.9. The van der Waals surface area contributed by atoms with Gasteiger partial charge in [0, 0.05) is 91.6 Å². The van der Waals surface area contributed by atoms with E-state index in [1.54, 1.807) is 61.3 Å². The molecule has 10 N–H and O–H groups in total. The Morgan fingerprint density at radius 2 is 1.55 bits per heavy atom. The summed E-state index contributed by atoms with van der Waals surface area (Å²) >= 11 is 1.40. The summed E-state index contributed by atoms with van der Waals surface area (Å²) in [6, 6.07) is 20.2. The number of carbonyl (C=O) groups is 9. The van der Waals surface area contributed by atoms with E-state index in [0.717, 1.165) is 77.0 Å². The Morgan fingerprint density at radius 1 is 0.816 bits per heavy atom. The maximum Gasteiger partial charge on any atom is 0.410 e. The molecule has 2 aliphatic heterocycles. The first kappa shape index (κ1) is 74.8. The van der Waals surface area contributed by atoms with Crippen LogP contribution < -0.4 is 37.2 Å². The first-order valence-electron chi connectivity index (χ1n) is 35.0. The topological polar surface area (TPSA) is 389 Å². The number of thiazole rings is 1. The number of amides is 10. The number of primary amides is 1. The quantitative estimate of drug-likeness (QED) is 0.0111. The minimum Gasteiger partial charge on any atom is -0.476 e. The smallest absolute Gasteiger partial charge is 0.410 e. The Kier molecular flexibility index (Phi) is 22.7. The number of imide groups is 1. The summed E-state index contributed by atoms with van der Waals surface area (Å²) in [5.74, 6) is -3.94. The first-order chi connectivity index (χ1) is 49.0. The second-order valence-electron chi connectivity index (χ2n) is 29.3. The van der Waals surface area contributed by atoms with Crippen LogP contribution in [0.15, 0.2) is 97.2 Å². The lowest BCUT2D eigenvalue weighted by Gasteiger charge is -2.69. The molecule has 6 aromatic rings. The minimum absolute atomic E-state index is 0.0338. The van der Waals surface area contributed by atoms with Crippen LogP contribution >= 0.6 is 18.9 Å². The number of benzene rings is 3. The summed E-state index contributed by atoms with van der Waals surface area (Å²) in [7, 11) is -4.57. The third-order valence-corrected chi connectivity index (χ3v) is 21.9. The molecule has 4 saturated carbocycles. The van der Waals surface area contributed by atoms with Gasteiger partial charge in [0.25, 0.3) is 11.8 Å². The van der Waals surface area contributed by atoms with Crippen LogP contribution in [0.25, 0.3) is 32.6 Å². The summed E-state index contributed by atoms with van der Waals surface area (Å²) in [4.78, 5) is 150. The van der Waals surface area contributed by atoms with E-state index in [4.69, 9.17) is 25.3 Å². The van der Waals surface area contributed by atoms with Crippen LogP contribution in [0.3, 0.4) is 0 Å². The number of aromatic nitrogens is 4. The highest BCUT2D eigenvalue weighted by atomic mass is 32.1. The number of anilines is 3. The van der Waals surface area contributed by atoms with Crippen LogP contribution in [0.1, 0.15) is 138 Å². The van der Waals surface area contributed by atoms with Gasteiger partial charge in [-0.25, -0.2) is 29.1 Å². The van der Waals surface area contributed by atoms with Gasteiger partial charge in [-0.1, -0.05) is 81.9 Å². The number of carboxylic acids is 1. The maximum atomic E-state index is 13.9. The van der Waals surface area contributed by atoms with Gasteiger partial charge in [-0.05, 0) is 160 Å². The van der Waals surface area contributed by atoms with Gasteiger partial charge in [0.2, 0.25) is 17.7 Å². The number of carboxylic acid groups (broad SMARTS) is 1. The Balaban J connectivity index is 0.702. The zero-order chi connectivity index (χ0) is 73.6. The van der Waals surface area contributed by atoms with Crippen LogP contribution in [0, 0.1) is 29.1 Å². The van der Waals surface area contributed by atoms with Crippen LogP contribution in [0.5, 0.6) is 0 Å². The average Bonchev–Trinajstić information content (AvgIpc) is 0.978. The van der Waals surface area contributed by atoms with Crippen molar-refractivity contribution >= 4 is 99.3 Å². The summed E-state index contributed by atoms with van der Waals surface area (Å²) in [6.45, 7) is 10.8. The standard InChI is InChI=1S/C73H90N13O15PS/c1-45(2)61(81-58(87)17-7-6-10-29-85-59(88)26-27-60(85)89)64(91)79-55(15-11-28-75-66(74)94)63(90)77-50-22-18-47(19-23-50)37-100-69(96)83(32-34-102(97,98)99)31-33-101-73-41-70(4)38-71(5,42-73)40-72(39-70,43-73)44-86-46(3)52(36-76-86)51-24-25-53(78-62(51)65(92)93)49-21-20-48-13-12-30-84(56(48)35-49)68(95)82-67-80-54-14-8-9-16-57(54)103-67/h8-9,14,16,18-27,35-36,45,55,61H,6-7,10-13,15,17,28-34,37-44H2,1-5H3,(H,77,90)(H,79,91)(H,81,87)(H,92,93)(H3,74,75,94)(H,80,82,95)(H2,97,98,99)/t55-,61-,70?,71?,72?,73?/m0/s1. The van der Waals surface area contributed by atoms with Crippen LogP contribution in [-0.4, -0.2) is 161 Å². The second kappa shape index (κ2) is 31.3. The summed E-state index contributed by atoms with van der Waals surface area (Å²) in [5, 5.41) is 29.9. The SMILES string of the molecule is Cc1c(-c2ccc(-c3ccc4c(c3)N(C(=O)Nc3nc5ccccc5s3)CCC4)nc2C(=O)O)cnn1CC12CC3(C)CC(C)(C1)CC(OCCN(CCP(=O)(O)O)C(=O)OCc1ccc(NC(=O)[C@H](CCCNC(N)=O)NC(=O)[C@@H](NC(=O)CCCCCN4C(=O)C=CC4=O)C(C)C)cc1)(C3)C2. The number of nitrogens with two attached hydrogens (primary N) is 1. The molecular formula is C73H90N13O15PS. The first-order valence-corrected chi connectivity index (χ1v) is 37.6. The summed E-state index contributed by atoms with van der Waals surface area (Å²) in [5.41, 5.74) is 10.3. The molecule has 0 spiro atoms. The van der Waals surface area contributed by atoms with Crippen molar-refractivity contribution in [1.29, 1.82) is 0 Å². The minimum atomic E-state index is -4.57. The zero-order valence-corrected chi connectivity index (χ0v) is 60.2. The molecule has 0 radical (unpaired) electrons. The molecule has 12 rings (SSSR count). The van der Waals surface area contributed by atoms with Crippen LogP contribution in [-0.2, 0) is 57.6 Å². The number of pyridine rings is 1. The molecule has 103 heavy (non-hydrogen) atoms. The van der Waals surface area contributed by atoms with Gasteiger partial charge in [0.05, 0.1) is 40.5 Å². The van der Waals surface area contributed by atoms with Crippen molar-refractivity contribution < 1.29 is 72.1 Å².